The highest BCUT2D eigenvalue weighted by Crippen LogP contribution is 2.37. The summed E-state index contributed by atoms with van der Waals surface area (Å²) in [6, 6.07) is 18.4. The van der Waals surface area contributed by atoms with E-state index in [0.29, 0.717) is 5.56 Å². The van der Waals surface area contributed by atoms with Crippen LogP contribution in [0.25, 0.3) is 22.0 Å². The van der Waals surface area contributed by atoms with E-state index >= 15 is 0 Å². The fourth-order valence-electron chi connectivity index (χ4n) is 3.38. The second-order valence-electron chi connectivity index (χ2n) is 6.12. The molecule has 25 heavy (non-hydrogen) atoms. The molecule has 3 nitrogen and oxygen atoms in total. The smallest absolute Gasteiger partial charge is 0.121 e. The molecule has 3 aromatic rings. The first kappa shape index (κ1) is 17.0. The lowest BCUT2D eigenvalue weighted by Gasteiger charge is -2.18. The highest BCUT2D eigenvalue weighted by atomic mass is 16.5. The van der Waals surface area contributed by atoms with Gasteiger partial charge in [0.25, 0.3) is 0 Å². The normalized spacial score (nSPS) is 10.8. The van der Waals surface area contributed by atoms with Crippen molar-refractivity contribution >= 4 is 10.9 Å². The van der Waals surface area contributed by atoms with Crippen LogP contribution in [0.1, 0.15) is 43.9 Å². The molecular weight excluding hydrogens is 308 g/mol. The predicted octanol–water partition coefficient (Wildman–Crippen LogP) is 5.69. The molecule has 3 heteroatoms. The van der Waals surface area contributed by atoms with Gasteiger partial charge >= 0.3 is 0 Å². The van der Waals surface area contributed by atoms with Crippen LogP contribution in [0.5, 0.6) is 5.75 Å². The maximum atomic E-state index is 9.95. The fraction of sp³-hybridized carbons (Fsp3) is 0.273. The van der Waals surface area contributed by atoms with E-state index in [-0.39, 0.29) is 5.92 Å². The van der Waals surface area contributed by atoms with Gasteiger partial charge in [-0.25, -0.2) is 0 Å². The number of methoxy groups -OCH3 is 1. The molecule has 0 amide bonds. The standard InChI is InChI=1S/C22H22N2O/c1-4-15(5-2)22-19(14-23)21(16-9-7-6-8-10-16)18-12-11-17(25-3)13-20(18)24-22/h6-13,15H,4-5H2,1-3H3. The molecule has 0 aliphatic rings. The number of nitrogens with zero attached hydrogens (tertiary/aromatic N) is 2. The summed E-state index contributed by atoms with van der Waals surface area (Å²) in [6.45, 7) is 4.30. The van der Waals surface area contributed by atoms with Crippen LogP contribution in [0.2, 0.25) is 0 Å². The van der Waals surface area contributed by atoms with Crippen molar-refractivity contribution in [3.63, 3.8) is 0 Å². The molecule has 2 aromatic carbocycles. The zero-order chi connectivity index (χ0) is 17.8. The number of pyridine rings is 1. The van der Waals surface area contributed by atoms with Crippen LogP contribution in [0.3, 0.4) is 0 Å². The van der Waals surface area contributed by atoms with Crippen molar-refractivity contribution in [3.05, 3.63) is 59.8 Å². The molecule has 0 unspecified atom stereocenters. The van der Waals surface area contributed by atoms with Crippen molar-refractivity contribution in [2.75, 3.05) is 7.11 Å². The Kier molecular flexibility index (Phi) is 5.00. The molecule has 0 fully saturated rings. The van der Waals surface area contributed by atoms with Crippen molar-refractivity contribution in [1.82, 2.24) is 4.98 Å². The van der Waals surface area contributed by atoms with Crippen LogP contribution in [0.4, 0.5) is 0 Å². The maximum Gasteiger partial charge on any atom is 0.121 e. The fourth-order valence-corrected chi connectivity index (χ4v) is 3.38. The number of nitriles is 1. The van der Waals surface area contributed by atoms with Crippen LogP contribution in [-0.4, -0.2) is 12.1 Å². The van der Waals surface area contributed by atoms with Gasteiger partial charge in [-0.15, -0.1) is 0 Å². The summed E-state index contributed by atoms with van der Waals surface area (Å²) in [7, 11) is 1.66. The highest BCUT2D eigenvalue weighted by molar-refractivity contribution is 5.98. The molecule has 0 spiro atoms. The van der Waals surface area contributed by atoms with Crippen LogP contribution >= 0.6 is 0 Å². The Morgan fingerprint density at radius 2 is 1.80 bits per heavy atom. The monoisotopic (exact) mass is 330 g/mol. The Hall–Kier alpha value is -2.86. The number of fused-ring (bicyclic) bond motifs is 1. The summed E-state index contributed by atoms with van der Waals surface area (Å²) in [5, 5.41) is 10.9. The molecule has 0 radical (unpaired) electrons. The summed E-state index contributed by atoms with van der Waals surface area (Å²) in [4.78, 5) is 4.88. The van der Waals surface area contributed by atoms with E-state index in [9.17, 15) is 5.26 Å². The highest BCUT2D eigenvalue weighted by Gasteiger charge is 2.21. The molecule has 0 atom stereocenters. The Morgan fingerprint density at radius 1 is 1.08 bits per heavy atom. The van der Waals surface area contributed by atoms with Gasteiger partial charge in [0.2, 0.25) is 0 Å². The van der Waals surface area contributed by atoms with Crippen LogP contribution in [0, 0.1) is 11.3 Å². The van der Waals surface area contributed by atoms with E-state index in [1.165, 1.54) is 0 Å². The Morgan fingerprint density at radius 3 is 2.40 bits per heavy atom. The minimum Gasteiger partial charge on any atom is -0.497 e. The van der Waals surface area contributed by atoms with Crippen LogP contribution in [0.15, 0.2) is 48.5 Å². The zero-order valence-corrected chi connectivity index (χ0v) is 14.9. The van der Waals surface area contributed by atoms with Gasteiger partial charge in [0.05, 0.1) is 23.9 Å². The van der Waals surface area contributed by atoms with Gasteiger partial charge in [0.15, 0.2) is 0 Å². The second kappa shape index (κ2) is 7.36. The minimum atomic E-state index is 0.271. The third-order valence-electron chi connectivity index (χ3n) is 4.77. The number of ether oxygens (including phenoxy) is 1. The molecule has 0 saturated carbocycles. The van der Waals surface area contributed by atoms with Crippen LogP contribution < -0.4 is 4.74 Å². The van der Waals surface area contributed by atoms with Gasteiger partial charge in [-0.2, -0.15) is 5.26 Å². The van der Waals surface area contributed by atoms with Gasteiger partial charge in [0, 0.05) is 22.9 Å². The third kappa shape index (κ3) is 3.08. The molecule has 126 valence electrons. The van der Waals surface area contributed by atoms with E-state index in [2.05, 4.69) is 32.0 Å². The summed E-state index contributed by atoms with van der Waals surface area (Å²) in [6.07, 6.45) is 1.92. The molecule has 3 rings (SSSR count). The summed E-state index contributed by atoms with van der Waals surface area (Å²) in [5.74, 6) is 1.05. The Bertz CT molecular complexity index is 922. The molecule has 0 saturated heterocycles. The molecule has 0 aliphatic heterocycles. The zero-order valence-electron chi connectivity index (χ0n) is 14.9. The predicted molar refractivity (Wildman–Crippen MR) is 102 cm³/mol. The van der Waals surface area contributed by atoms with E-state index in [1.54, 1.807) is 7.11 Å². The topological polar surface area (TPSA) is 45.9 Å². The van der Waals surface area contributed by atoms with Crippen molar-refractivity contribution < 1.29 is 4.74 Å². The lowest BCUT2D eigenvalue weighted by atomic mass is 9.88. The van der Waals surface area contributed by atoms with Crippen molar-refractivity contribution in [1.29, 1.82) is 5.26 Å². The van der Waals surface area contributed by atoms with Crippen LogP contribution in [-0.2, 0) is 0 Å². The number of rotatable bonds is 5. The first-order valence-corrected chi connectivity index (χ1v) is 8.70. The van der Waals surface area contributed by atoms with E-state index in [4.69, 9.17) is 9.72 Å². The Labute approximate surface area is 148 Å². The molecule has 0 aliphatic carbocycles. The quantitative estimate of drug-likeness (QED) is 0.604. The van der Waals surface area contributed by atoms with Gasteiger partial charge in [-0.05, 0) is 30.5 Å². The maximum absolute atomic E-state index is 9.95. The Balaban J connectivity index is 2.42. The first-order chi connectivity index (χ1) is 12.2. The third-order valence-corrected chi connectivity index (χ3v) is 4.77. The van der Waals surface area contributed by atoms with E-state index in [0.717, 1.165) is 46.3 Å². The average molecular weight is 330 g/mol. The molecule has 0 bridgehead atoms. The molecule has 1 heterocycles. The molecule has 1 aromatic heterocycles. The van der Waals surface area contributed by atoms with Gasteiger partial charge in [-0.3, -0.25) is 4.98 Å². The average Bonchev–Trinajstić information content (AvgIpc) is 2.68. The van der Waals surface area contributed by atoms with E-state index in [1.807, 2.05) is 36.4 Å². The first-order valence-electron chi connectivity index (χ1n) is 8.70. The second-order valence-corrected chi connectivity index (χ2v) is 6.12. The number of hydrogen-bond acceptors (Lipinski definition) is 3. The van der Waals surface area contributed by atoms with Crippen molar-refractivity contribution in [2.24, 2.45) is 0 Å². The van der Waals surface area contributed by atoms with E-state index < -0.39 is 0 Å². The SMILES string of the molecule is CCC(CC)c1nc2cc(OC)ccc2c(-c2ccccc2)c1C#N. The van der Waals surface area contributed by atoms with Gasteiger partial charge < -0.3 is 4.74 Å². The van der Waals surface area contributed by atoms with Crippen molar-refractivity contribution in [2.45, 2.75) is 32.6 Å². The molecular formula is C22H22N2O. The summed E-state index contributed by atoms with van der Waals surface area (Å²) < 4.78 is 5.37. The largest absolute Gasteiger partial charge is 0.497 e. The minimum absolute atomic E-state index is 0.271. The summed E-state index contributed by atoms with van der Waals surface area (Å²) in [5.41, 5.74) is 4.48. The number of benzene rings is 2. The summed E-state index contributed by atoms with van der Waals surface area (Å²) >= 11 is 0. The van der Waals surface area contributed by atoms with Gasteiger partial charge in [-0.1, -0.05) is 44.2 Å². The lowest BCUT2D eigenvalue weighted by molar-refractivity contribution is 0.415. The van der Waals surface area contributed by atoms with Gasteiger partial charge in [0.1, 0.15) is 11.8 Å². The lowest BCUT2D eigenvalue weighted by Crippen LogP contribution is -2.05. The molecule has 0 N–H and O–H groups in total. The van der Waals surface area contributed by atoms with Crippen molar-refractivity contribution in [3.8, 4) is 22.9 Å². The number of aromatic nitrogens is 1. The number of hydrogen-bond donors (Lipinski definition) is 0.